The highest BCUT2D eigenvalue weighted by Gasteiger charge is 2.18. The van der Waals surface area contributed by atoms with Crippen molar-refractivity contribution in [1.82, 2.24) is 4.90 Å². The van der Waals surface area contributed by atoms with E-state index in [9.17, 15) is 13.2 Å². The first-order valence-corrected chi connectivity index (χ1v) is 11.1. The first-order chi connectivity index (χ1) is 14.9. The van der Waals surface area contributed by atoms with E-state index in [1.807, 2.05) is 24.3 Å². The monoisotopic (exact) mass is 436 g/mol. The summed E-state index contributed by atoms with van der Waals surface area (Å²) in [6, 6.07) is 22.0. The van der Waals surface area contributed by atoms with Gasteiger partial charge in [0.2, 0.25) is 0 Å². The number of sulfonamides is 1. The normalized spacial score (nSPS) is 10.9. The average molecular weight is 437 g/mol. The third-order valence-electron chi connectivity index (χ3n) is 4.61. The van der Waals surface area contributed by atoms with E-state index in [0.717, 1.165) is 11.3 Å². The Hall–Kier alpha value is -3.58. The number of benzene rings is 3. The van der Waals surface area contributed by atoms with E-state index >= 15 is 0 Å². The number of ether oxygens (including phenoxy) is 1. The zero-order valence-corrected chi connectivity index (χ0v) is 18.0. The van der Waals surface area contributed by atoms with Crippen LogP contribution in [0.25, 0.3) is 0 Å². The maximum atomic E-state index is 13.0. The lowest BCUT2D eigenvalue weighted by atomic mass is 10.1. The Kier molecular flexibility index (Phi) is 7.10. The van der Waals surface area contributed by atoms with Gasteiger partial charge in [0, 0.05) is 24.3 Å². The van der Waals surface area contributed by atoms with Crippen molar-refractivity contribution in [2.75, 3.05) is 18.4 Å². The number of hydrogen-bond donors (Lipinski definition) is 1. The molecule has 6 nitrogen and oxygen atoms in total. The van der Waals surface area contributed by atoms with Crippen molar-refractivity contribution in [3.8, 4) is 5.75 Å². The van der Waals surface area contributed by atoms with Crippen LogP contribution in [-0.2, 0) is 16.6 Å². The van der Waals surface area contributed by atoms with Crippen LogP contribution in [0.1, 0.15) is 15.9 Å². The molecule has 0 bridgehead atoms. The quantitative estimate of drug-likeness (QED) is 0.507. The first-order valence-electron chi connectivity index (χ1n) is 9.64. The molecule has 0 unspecified atom stereocenters. The Morgan fingerprint density at radius 1 is 1.00 bits per heavy atom. The van der Waals surface area contributed by atoms with Gasteiger partial charge in [-0.2, -0.15) is 0 Å². The fourth-order valence-corrected chi connectivity index (χ4v) is 4.06. The number of carbonyl (C=O) groups is 1. The first kappa shape index (κ1) is 22.1. The molecule has 0 radical (unpaired) electrons. The predicted octanol–water partition coefficient (Wildman–Crippen LogP) is 4.32. The van der Waals surface area contributed by atoms with Gasteiger partial charge in [-0.1, -0.05) is 36.4 Å². The molecule has 0 atom stereocenters. The van der Waals surface area contributed by atoms with Crippen LogP contribution < -0.4 is 9.46 Å². The van der Waals surface area contributed by atoms with E-state index in [0.29, 0.717) is 24.3 Å². The maximum absolute atomic E-state index is 13.0. The van der Waals surface area contributed by atoms with Crippen LogP contribution in [0.5, 0.6) is 5.75 Å². The van der Waals surface area contributed by atoms with Crippen LogP contribution in [0.2, 0.25) is 0 Å². The van der Waals surface area contributed by atoms with Gasteiger partial charge >= 0.3 is 0 Å². The zero-order chi connectivity index (χ0) is 22.3. The van der Waals surface area contributed by atoms with Crippen molar-refractivity contribution in [2.45, 2.75) is 11.4 Å². The molecule has 31 heavy (non-hydrogen) atoms. The zero-order valence-electron chi connectivity index (χ0n) is 17.2. The molecule has 0 saturated heterocycles. The molecule has 3 rings (SSSR count). The van der Waals surface area contributed by atoms with Crippen molar-refractivity contribution >= 4 is 21.6 Å². The Labute approximate surface area is 182 Å². The molecule has 1 N–H and O–H groups in total. The van der Waals surface area contributed by atoms with Crippen LogP contribution in [0.3, 0.4) is 0 Å². The van der Waals surface area contributed by atoms with Crippen molar-refractivity contribution in [3.63, 3.8) is 0 Å². The molecule has 0 saturated carbocycles. The fourth-order valence-electron chi connectivity index (χ4n) is 3.01. The molecular weight excluding hydrogens is 412 g/mol. The van der Waals surface area contributed by atoms with Crippen molar-refractivity contribution in [3.05, 3.63) is 103 Å². The van der Waals surface area contributed by atoms with Gasteiger partial charge in [0.15, 0.2) is 0 Å². The van der Waals surface area contributed by atoms with Crippen LogP contribution >= 0.6 is 0 Å². The summed E-state index contributed by atoms with van der Waals surface area (Å²) in [4.78, 5) is 14.7. The number of hydrogen-bond acceptors (Lipinski definition) is 4. The molecule has 160 valence electrons. The van der Waals surface area contributed by atoms with Gasteiger partial charge in [-0.25, -0.2) is 8.42 Å². The molecule has 0 aliphatic carbocycles. The summed E-state index contributed by atoms with van der Waals surface area (Å²) in [5.41, 5.74) is 1.82. The summed E-state index contributed by atoms with van der Waals surface area (Å²) in [6.45, 7) is 4.49. The van der Waals surface area contributed by atoms with Gasteiger partial charge < -0.3 is 9.64 Å². The minimum absolute atomic E-state index is 0.0818. The van der Waals surface area contributed by atoms with Crippen LogP contribution in [0.4, 0.5) is 5.69 Å². The van der Waals surface area contributed by atoms with Crippen molar-refractivity contribution < 1.29 is 17.9 Å². The molecular formula is C24H24N2O4S. The van der Waals surface area contributed by atoms with E-state index in [1.54, 1.807) is 48.4 Å². The number of amides is 1. The lowest BCUT2D eigenvalue weighted by Gasteiger charge is -2.21. The molecule has 0 aromatic heterocycles. The third-order valence-corrected chi connectivity index (χ3v) is 6.00. The summed E-state index contributed by atoms with van der Waals surface area (Å²) in [5.74, 6) is 0.530. The maximum Gasteiger partial charge on any atom is 0.261 e. The Bertz CT molecular complexity index is 1130. The van der Waals surface area contributed by atoms with Gasteiger partial charge in [-0.15, -0.1) is 6.58 Å². The average Bonchev–Trinajstić information content (AvgIpc) is 2.79. The predicted molar refractivity (Wildman–Crippen MR) is 122 cm³/mol. The SMILES string of the molecule is C=CCN(Cc1ccc(OC)cc1)C(=O)c1ccc(S(=O)(=O)Nc2ccccc2)cc1. The van der Waals surface area contributed by atoms with Crippen LogP contribution in [0.15, 0.2) is 96.4 Å². The smallest absolute Gasteiger partial charge is 0.261 e. The Morgan fingerprint density at radius 2 is 1.65 bits per heavy atom. The Morgan fingerprint density at radius 3 is 2.23 bits per heavy atom. The Balaban J connectivity index is 1.75. The summed E-state index contributed by atoms with van der Waals surface area (Å²) < 4.78 is 32.9. The molecule has 1 amide bonds. The number of anilines is 1. The van der Waals surface area contributed by atoms with E-state index in [1.165, 1.54) is 24.3 Å². The topological polar surface area (TPSA) is 75.7 Å². The van der Waals surface area contributed by atoms with Gasteiger partial charge in [0.25, 0.3) is 15.9 Å². The minimum Gasteiger partial charge on any atom is -0.497 e. The highest BCUT2D eigenvalue weighted by atomic mass is 32.2. The van der Waals surface area contributed by atoms with E-state index < -0.39 is 10.0 Å². The second-order valence-electron chi connectivity index (χ2n) is 6.82. The van der Waals surface area contributed by atoms with E-state index in [-0.39, 0.29) is 10.8 Å². The van der Waals surface area contributed by atoms with Crippen LogP contribution in [0, 0.1) is 0 Å². The van der Waals surface area contributed by atoms with Gasteiger partial charge in [-0.3, -0.25) is 9.52 Å². The number of para-hydroxylation sites is 1. The molecule has 0 heterocycles. The lowest BCUT2D eigenvalue weighted by molar-refractivity contribution is 0.0762. The standard InChI is InChI=1S/C24H24N2O4S/c1-3-17-26(18-19-9-13-22(30-2)14-10-19)24(27)20-11-15-23(16-12-20)31(28,29)25-21-7-5-4-6-8-21/h3-16,25H,1,17-18H2,2H3. The lowest BCUT2D eigenvalue weighted by Crippen LogP contribution is -2.30. The largest absolute Gasteiger partial charge is 0.497 e. The van der Waals surface area contributed by atoms with Gasteiger partial charge in [0.05, 0.1) is 12.0 Å². The molecule has 0 aliphatic heterocycles. The molecule has 0 spiro atoms. The highest BCUT2D eigenvalue weighted by molar-refractivity contribution is 7.92. The number of methoxy groups -OCH3 is 1. The summed E-state index contributed by atoms with van der Waals surface area (Å²) in [6.07, 6.45) is 1.66. The fraction of sp³-hybridized carbons (Fsp3) is 0.125. The third kappa shape index (κ3) is 5.73. The highest BCUT2D eigenvalue weighted by Crippen LogP contribution is 2.18. The molecule has 3 aromatic rings. The van der Waals surface area contributed by atoms with Crippen LogP contribution in [-0.4, -0.2) is 32.9 Å². The van der Waals surface area contributed by atoms with Gasteiger partial charge in [-0.05, 0) is 54.1 Å². The molecule has 7 heteroatoms. The summed E-state index contributed by atoms with van der Waals surface area (Å²) in [5, 5.41) is 0. The number of nitrogens with one attached hydrogen (secondary N) is 1. The van der Waals surface area contributed by atoms with E-state index in [4.69, 9.17) is 4.74 Å². The van der Waals surface area contributed by atoms with Crippen molar-refractivity contribution in [1.29, 1.82) is 0 Å². The second-order valence-corrected chi connectivity index (χ2v) is 8.50. The number of rotatable bonds is 9. The summed E-state index contributed by atoms with van der Waals surface area (Å²) in [7, 11) is -2.15. The minimum atomic E-state index is -3.74. The number of nitrogens with zero attached hydrogens (tertiary/aromatic N) is 1. The molecule has 0 fully saturated rings. The van der Waals surface area contributed by atoms with E-state index in [2.05, 4.69) is 11.3 Å². The van der Waals surface area contributed by atoms with Crippen molar-refractivity contribution in [2.24, 2.45) is 0 Å². The molecule has 0 aliphatic rings. The summed E-state index contributed by atoms with van der Waals surface area (Å²) >= 11 is 0. The van der Waals surface area contributed by atoms with Gasteiger partial charge in [0.1, 0.15) is 5.75 Å². The molecule has 3 aromatic carbocycles. The number of carbonyl (C=O) groups excluding carboxylic acids is 1. The second kappa shape index (κ2) is 9.95.